The number of aromatic amines is 1. The summed E-state index contributed by atoms with van der Waals surface area (Å²) in [5.41, 5.74) is 16.4. The fourth-order valence-electron chi connectivity index (χ4n) is 4.74. The van der Waals surface area contributed by atoms with Crippen molar-refractivity contribution in [2.75, 3.05) is 19.4 Å². The van der Waals surface area contributed by atoms with Crippen LogP contribution in [0.4, 0.5) is 10.2 Å². The summed E-state index contributed by atoms with van der Waals surface area (Å²) < 4.78 is 19.2. The number of rotatable bonds is 10. The van der Waals surface area contributed by atoms with Gasteiger partial charge in [-0.15, -0.1) is 0 Å². The second-order valence-electron chi connectivity index (χ2n) is 9.51. The van der Waals surface area contributed by atoms with Crippen molar-refractivity contribution in [3.63, 3.8) is 0 Å². The molecule has 1 aliphatic rings. The van der Waals surface area contributed by atoms with Gasteiger partial charge in [-0.1, -0.05) is 12.6 Å². The fraction of sp³-hybridized carbons (Fsp3) is 0.276. The predicted octanol–water partition coefficient (Wildman–Crippen LogP) is 4.52. The number of aromatic nitrogens is 4. The van der Waals surface area contributed by atoms with Gasteiger partial charge in [-0.05, 0) is 68.1 Å². The smallest absolute Gasteiger partial charge is 0.165 e. The van der Waals surface area contributed by atoms with E-state index in [1.165, 1.54) is 13.2 Å². The minimum absolute atomic E-state index is 0.0657. The van der Waals surface area contributed by atoms with Crippen molar-refractivity contribution in [3.8, 4) is 28.1 Å². The number of amidine groups is 1. The molecule has 40 heavy (non-hydrogen) atoms. The molecule has 7 N–H and O–H groups in total. The highest BCUT2D eigenvalue weighted by Crippen LogP contribution is 2.31. The van der Waals surface area contributed by atoms with Crippen LogP contribution < -0.4 is 21.5 Å². The number of anilines is 1. The maximum absolute atomic E-state index is 14.2. The number of nitrogens with zero attached hydrogens (tertiary/aromatic N) is 4. The summed E-state index contributed by atoms with van der Waals surface area (Å²) in [5.74, 6) is 0.139. The van der Waals surface area contributed by atoms with Crippen molar-refractivity contribution in [2.24, 2.45) is 10.7 Å². The van der Waals surface area contributed by atoms with Gasteiger partial charge in [-0.3, -0.25) is 15.5 Å². The summed E-state index contributed by atoms with van der Waals surface area (Å²) in [6, 6.07) is 10.5. The van der Waals surface area contributed by atoms with E-state index in [0.717, 1.165) is 37.8 Å². The molecule has 0 saturated carbocycles. The third-order valence-corrected chi connectivity index (χ3v) is 6.85. The lowest BCUT2D eigenvalue weighted by Gasteiger charge is -2.21. The van der Waals surface area contributed by atoms with Crippen LogP contribution in [0.5, 0.6) is 5.75 Å². The van der Waals surface area contributed by atoms with E-state index in [4.69, 9.17) is 26.6 Å². The molecule has 1 aromatic carbocycles. The number of H-pyrrole nitrogens is 1. The standard InChI is InChI=1S/C29H34FN9O/c1-18(28(32)36-17-31)12-21(13-22-4-3-10-34-22)26-9-11-37-38-16-23(29(33)39-26)20-5-7-25(35-15-20)19-6-8-27(40-2)24(30)14-19/h5-9,11,14-17,21-22,34,37H,1,3-4,10,12-13,33H2,2H3,(H3,31,32,36). The Bertz CT molecular complexity index is 1430. The summed E-state index contributed by atoms with van der Waals surface area (Å²) >= 11 is 0. The second kappa shape index (κ2) is 13.4. The van der Waals surface area contributed by atoms with Crippen LogP contribution in [0, 0.1) is 11.2 Å². The zero-order valence-electron chi connectivity index (χ0n) is 22.4. The Morgan fingerprint density at radius 3 is 2.77 bits per heavy atom. The molecule has 208 valence electrons. The lowest BCUT2D eigenvalue weighted by molar-refractivity contribution is 0.386. The Labute approximate surface area is 232 Å². The van der Waals surface area contributed by atoms with Gasteiger partial charge in [0.2, 0.25) is 0 Å². The highest BCUT2D eigenvalue weighted by atomic mass is 19.1. The molecule has 1 saturated heterocycles. The largest absolute Gasteiger partial charge is 0.494 e. The third kappa shape index (κ3) is 7.06. The molecule has 2 atom stereocenters. The van der Waals surface area contributed by atoms with Gasteiger partial charge in [0, 0.05) is 46.7 Å². The first kappa shape index (κ1) is 28.4. The molecule has 0 bridgehead atoms. The van der Waals surface area contributed by atoms with Crippen LogP contribution in [-0.4, -0.2) is 52.0 Å². The van der Waals surface area contributed by atoms with Crippen LogP contribution in [0.2, 0.25) is 0 Å². The van der Waals surface area contributed by atoms with E-state index in [0.29, 0.717) is 40.4 Å². The molecule has 0 spiro atoms. The van der Waals surface area contributed by atoms with Crippen LogP contribution in [0.1, 0.15) is 37.3 Å². The van der Waals surface area contributed by atoms with Crippen molar-refractivity contribution in [3.05, 3.63) is 78.7 Å². The lowest BCUT2D eigenvalue weighted by Crippen LogP contribution is -2.25. The highest BCUT2D eigenvalue weighted by Gasteiger charge is 2.23. The minimum Gasteiger partial charge on any atom is -0.494 e. The number of nitrogen functional groups attached to an aromatic ring is 1. The molecule has 0 amide bonds. The predicted molar refractivity (Wildman–Crippen MR) is 156 cm³/mol. The first-order chi connectivity index (χ1) is 19.4. The zero-order chi connectivity index (χ0) is 28.5. The minimum atomic E-state index is -0.461. The number of methoxy groups -OCH3 is 1. The fourth-order valence-corrected chi connectivity index (χ4v) is 4.74. The SMILES string of the molecule is C=C(CC(CC1CCCN1)c1cc[nH]ncc(-c2ccc(-c3ccc(OC)c(F)c3)nc2)c(N)n1)C(N)=NC=N. The van der Waals surface area contributed by atoms with Gasteiger partial charge in [0.15, 0.2) is 11.6 Å². The molecule has 3 aromatic rings. The van der Waals surface area contributed by atoms with Crippen LogP contribution in [0.3, 0.4) is 0 Å². The number of nitrogens with two attached hydrogens (primary N) is 2. The van der Waals surface area contributed by atoms with Crippen molar-refractivity contribution < 1.29 is 9.13 Å². The summed E-state index contributed by atoms with van der Waals surface area (Å²) in [6.45, 7) is 5.07. The number of aliphatic imine (C=N–C) groups is 1. The topological polar surface area (TPSA) is 164 Å². The van der Waals surface area contributed by atoms with E-state index in [9.17, 15) is 4.39 Å². The monoisotopic (exact) mass is 543 g/mol. The molecule has 2 aromatic heterocycles. The van der Waals surface area contributed by atoms with Gasteiger partial charge in [-0.25, -0.2) is 14.4 Å². The van der Waals surface area contributed by atoms with E-state index < -0.39 is 5.82 Å². The molecule has 3 heterocycles. The number of pyridine rings is 1. The summed E-state index contributed by atoms with van der Waals surface area (Å²) in [7, 11) is 1.42. The molecule has 2 unspecified atom stereocenters. The number of hydrogen-bond acceptors (Lipinski definition) is 7. The van der Waals surface area contributed by atoms with Crippen molar-refractivity contribution in [1.82, 2.24) is 25.5 Å². The van der Waals surface area contributed by atoms with E-state index in [1.807, 2.05) is 12.1 Å². The van der Waals surface area contributed by atoms with E-state index in [2.05, 4.69) is 32.1 Å². The van der Waals surface area contributed by atoms with Gasteiger partial charge in [0.05, 0.1) is 19.0 Å². The Morgan fingerprint density at radius 1 is 1.27 bits per heavy atom. The van der Waals surface area contributed by atoms with E-state index in [1.54, 1.807) is 36.8 Å². The molecule has 0 radical (unpaired) electrons. The van der Waals surface area contributed by atoms with Gasteiger partial charge in [-0.2, -0.15) is 5.10 Å². The molecule has 1 aliphatic heterocycles. The Balaban J connectivity index is 1.69. The van der Waals surface area contributed by atoms with Crippen LogP contribution in [0.15, 0.2) is 72.1 Å². The molecule has 10 nitrogen and oxygen atoms in total. The number of benzene rings is 1. The molecular weight excluding hydrogens is 509 g/mol. The van der Waals surface area contributed by atoms with Crippen molar-refractivity contribution in [1.29, 1.82) is 5.41 Å². The molecular formula is C29H34FN9O. The Kier molecular flexibility index (Phi) is 9.53. The zero-order valence-corrected chi connectivity index (χ0v) is 22.4. The number of nitrogens with one attached hydrogen (secondary N) is 3. The first-order valence-corrected chi connectivity index (χ1v) is 13.0. The number of halogens is 1. The van der Waals surface area contributed by atoms with Gasteiger partial charge < -0.3 is 21.5 Å². The molecule has 4 rings (SSSR count). The Morgan fingerprint density at radius 2 is 2.10 bits per heavy atom. The van der Waals surface area contributed by atoms with Crippen molar-refractivity contribution >= 4 is 18.0 Å². The summed E-state index contributed by atoms with van der Waals surface area (Å²) in [5, 5.41) is 17.9. The quantitative estimate of drug-likeness (QED) is 0.185. The van der Waals surface area contributed by atoms with E-state index >= 15 is 0 Å². The molecule has 1 fully saturated rings. The average molecular weight is 544 g/mol. The first-order valence-electron chi connectivity index (χ1n) is 13.0. The normalized spacial score (nSPS) is 15.8. The molecule has 0 aliphatic carbocycles. The van der Waals surface area contributed by atoms with Crippen LogP contribution in [-0.2, 0) is 0 Å². The second-order valence-corrected chi connectivity index (χ2v) is 9.51. The van der Waals surface area contributed by atoms with Crippen LogP contribution in [0.25, 0.3) is 22.4 Å². The van der Waals surface area contributed by atoms with Crippen molar-refractivity contribution in [2.45, 2.75) is 37.6 Å². The maximum Gasteiger partial charge on any atom is 0.165 e. The molecule has 11 heteroatoms. The van der Waals surface area contributed by atoms with Crippen LogP contribution >= 0.6 is 0 Å². The number of ether oxygens (including phenoxy) is 1. The highest BCUT2D eigenvalue weighted by molar-refractivity contribution is 6.00. The number of hydrogen-bond donors (Lipinski definition) is 5. The van der Waals surface area contributed by atoms with Gasteiger partial charge in [0.1, 0.15) is 18.0 Å². The van der Waals surface area contributed by atoms with E-state index in [-0.39, 0.29) is 23.3 Å². The third-order valence-electron chi connectivity index (χ3n) is 6.85. The summed E-state index contributed by atoms with van der Waals surface area (Å²) in [4.78, 5) is 13.2. The lowest BCUT2D eigenvalue weighted by atomic mass is 9.89. The Hall–Kier alpha value is -4.64. The van der Waals surface area contributed by atoms with Gasteiger partial charge >= 0.3 is 0 Å². The maximum atomic E-state index is 14.2. The van der Waals surface area contributed by atoms with Gasteiger partial charge in [0.25, 0.3) is 0 Å². The summed E-state index contributed by atoms with van der Waals surface area (Å²) in [6.07, 6.45) is 9.35. The average Bonchev–Trinajstić information content (AvgIpc) is 3.49.